The van der Waals surface area contributed by atoms with Gasteiger partial charge in [0.15, 0.2) is 0 Å². The molecule has 1 amide bonds. The highest BCUT2D eigenvalue weighted by atomic mass is 79.9. The number of rotatable bonds is 9. The Hall–Kier alpha value is -3.04. The van der Waals surface area contributed by atoms with E-state index in [1.807, 2.05) is 31.2 Å². The topological polar surface area (TPSA) is 84.9 Å². The lowest BCUT2D eigenvalue weighted by Crippen LogP contribution is -2.38. The molecule has 1 N–H and O–H groups in total. The molecule has 0 aliphatic heterocycles. The number of aryl methyl sites for hydroxylation is 1. The Bertz CT molecular complexity index is 1300. The Morgan fingerprint density at radius 3 is 2.31 bits per heavy atom. The Morgan fingerprint density at radius 2 is 1.69 bits per heavy atom. The lowest BCUT2D eigenvalue weighted by atomic mass is 10.2. The third-order valence-corrected chi connectivity index (χ3v) is 8.45. The fraction of sp³-hybridized carbons (Fsp3) is 0.296. The molecule has 7 nitrogen and oxygen atoms in total. The second-order valence-electron chi connectivity index (χ2n) is 8.74. The van der Waals surface area contributed by atoms with E-state index in [-0.39, 0.29) is 11.0 Å². The molecule has 3 aromatic rings. The molecule has 4 rings (SSSR count). The van der Waals surface area contributed by atoms with Gasteiger partial charge in [-0.2, -0.15) is 0 Å². The Morgan fingerprint density at radius 1 is 1.03 bits per heavy atom. The average Bonchev–Trinajstić information content (AvgIpc) is 3.37. The predicted molar refractivity (Wildman–Crippen MR) is 144 cm³/mol. The van der Waals surface area contributed by atoms with Crippen molar-refractivity contribution in [3.63, 3.8) is 0 Å². The zero-order valence-corrected chi connectivity index (χ0v) is 22.6. The van der Waals surface area contributed by atoms with Crippen LogP contribution in [0.1, 0.15) is 31.2 Å². The summed E-state index contributed by atoms with van der Waals surface area (Å²) < 4.78 is 40.1. The number of nitrogens with zero attached hydrogens (tertiary/aromatic N) is 1. The largest absolute Gasteiger partial charge is 0.496 e. The highest BCUT2D eigenvalue weighted by molar-refractivity contribution is 9.10. The quantitative estimate of drug-likeness (QED) is 0.344. The lowest BCUT2D eigenvalue weighted by Gasteiger charge is -2.24. The predicted octanol–water partition coefficient (Wildman–Crippen LogP) is 5.92. The third-order valence-electron chi connectivity index (χ3n) is 6.06. The van der Waals surface area contributed by atoms with Crippen molar-refractivity contribution >= 4 is 43.2 Å². The van der Waals surface area contributed by atoms with Gasteiger partial charge >= 0.3 is 0 Å². The van der Waals surface area contributed by atoms with Crippen LogP contribution in [0.3, 0.4) is 0 Å². The Labute approximate surface area is 220 Å². The van der Waals surface area contributed by atoms with E-state index in [9.17, 15) is 13.2 Å². The normalized spacial score (nSPS) is 13.9. The van der Waals surface area contributed by atoms with Gasteiger partial charge in [0.25, 0.3) is 10.0 Å². The van der Waals surface area contributed by atoms with Crippen molar-refractivity contribution in [2.45, 2.75) is 43.6 Å². The number of hydrogen-bond acceptors (Lipinski definition) is 5. The van der Waals surface area contributed by atoms with Crippen LogP contribution in [-0.4, -0.2) is 34.1 Å². The van der Waals surface area contributed by atoms with Crippen LogP contribution < -0.4 is 19.1 Å². The summed E-state index contributed by atoms with van der Waals surface area (Å²) in [6.07, 6.45) is 4.75. The molecule has 0 saturated heterocycles. The minimum Gasteiger partial charge on any atom is -0.496 e. The maximum Gasteiger partial charge on any atom is 0.264 e. The number of hydrogen-bond donors (Lipinski definition) is 1. The number of halogens is 1. The van der Waals surface area contributed by atoms with Gasteiger partial charge in [-0.1, -0.05) is 17.7 Å². The molecule has 1 aliphatic rings. The number of carbonyl (C=O) groups excluding carboxylic acids is 1. The van der Waals surface area contributed by atoms with E-state index >= 15 is 0 Å². The molecule has 0 heterocycles. The van der Waals surface area contributed by atoms with Gasteiger partial charge in [0.05, 0.1) is 28.3 Å². The molecule has 3 aromatic carbocycles. The summed E-state index contributed by atoms with van der Waals surface area (Å²) in [5, 5.41) is 2.80. The first-order chi connectivity index (χ1) is 17.3. The van der Waals surface area contributed by atoms with Gasteiger partial charge in [0.2, 0.25) is 5.91 Å². The van der Waals surface area contributed by atoms with Gasteiger partial charge in [-0.05, 0) is 103 Å². The van der Waals surface area contributed by atoms with E-state index in [4.69, 9.17) is 9.47 Å². The Balaban J connectivity index is 1.53. The van der Waals surface area contributed by atoms with Crippen LogP contribution in [0.15, 0.2) is 76.1 Å². The lowest BCUT2D eigenvalue weighted by molar-refractivity contribution is -0.114. The fourth-order valence-electron chi connectivity index (χ4n) is 4.11. The van der Waals surface area contributed by atoms with Crippen LogP contribution in [0.4, 0.5) is 11.4 Å². The summed E-state index contributed by atoms with van der Waals surface area (Å²) in [7, 11) is -2.55. The standard InChI is InChI=1S/C27H29BrN2O5S/c1-19-7-11-21(12-8-19)30(36(32,33)24-15-16-26(34-2)25(28)17-24)18-27(31)29-20-9-13-23(14-10-20)35-22-5-3-4-6-22/h7-17,22H,3-6,18H2,1-2H3,(H,29,31). The second kappa shape index (κ2) is 11.3. The fourth-order valence-corrected chi connectivity index (χ4v) is 6.25. The maximum atomic E-state index is 13.6. The minimum absolute atomic E-state index is 0.0389. The molecule has 0 spiro atoms. The molecule has 0 unspecified atom stereocenters. The summed E-state index contributed by atoms with van der Waals surface area (Å²) in [6.45, 7) is 1.52. The molecule has 9 heteroatoms. The zero-order valence-electron chi connectivity index (χ0n) is 20.2. The number of amides is 1. The maximum absolute atomic E-state index is 13.6. The van der Waals surface area contributed by atoms with Crippen LogP contribution >= 0.6 is 15.9 Å². The van der Waals surface area contributed by atoms with Crippen molar-refractivity contribution in [2.75, 3.05) is 23.3 Å². The number of methoxy groups -OCH3 is 1. The van der Waals surface area contributed by atoms with Crippen LogP contribution in [0, 0.1) is 6.92 Å². The number of carbonyl (C=O) groups is 1. The molecule has 0 bridgehead atoms. The number of ether oxygens (including phenoxy) is 2. The molecule has 1 fully saturated rings. The van der Waals surface area contributed by atoms with E-state index in [0.717, 1.165) is 28.5 Å². The van der Waals surface area contributed by atoms with Gasteiger partial charge in [-0.3, -0.25) is 9.10 Å². The highest BCUT2D eigenvalue weighted by Gasteiger charge is 2.28. The molecule has 0 atom stereocenters. The Kier molecular flexibility index (Phi) is 8.21. The van der Waals surface area contributed by atoms with Gasteiger partial charge in [-0.15, -0.1) is 0 Å². The molecule has 36 heavy (non-hydrogen) atoms. The molecule has 1 aliphatic carbocycles. The molecule has 0 radical (unpaired) electrons. The summed E-state index contributed by atoms with van der Waals surface area (Å²) in [5.41, 5.74) is 1.93. The number of sulfonamides is 1. The van der Waals surface area contributed by atoms with Crippen molar-refractivity contribution in [1.29, 1.82) is 0 Å². The first-order valence-corrected chi connectivity index (χ1v) is 14.0. The van der Waals surface area contributed by atoms with Crippen molar-refractivity contribution in [2.24, 2.45) is 0 Å². The summed E-state index contributed by atoms with van der Waals surface area (Å²) in [5.74, 6) is 0.805. The van der Waals surface area contributed by atoms with Crippen LogP contribution in [-0.2, 0) is 14.8 Å². The molecule has 1 saturated carbocycles. The first-order valence-electron chi connectivity index (χ1n) is 11.8. The van der Waals surface area contributed by atoms with E-state index in [1.54, 1.807) is 30.3 Å². The number of benzene rings is 3. The molecule has 0 aromatic heterocycles. The summed E-state index contributed by atoms with van der Waals surface area (Å²) >= 11 is 3.35. The SMILES string of the molecule is COc1ccc(S(=O)(=O)N(CC(=O)Nc2ccc(OC3CCCC3)cc2)c2ccc(C)cc2)cc1Br. The summed E-state index contributed by atoms with van der Waals surface area (Å²) in [6, 6.07) is 18.6. The van der Waals surface area contributed by atoms with Gasteiger partial charge in [0.1, 0.15) is 18.0 Å². The molecular formula is C27H29BrN2O5S. The monoisotopic (exact) mass is 572 g/mol. The van der Waals surface area contributed by atoms with Crippen LogP contribution in [0.5, 0.6) is 11.5 Å². The highest BCUT2D eigenvalue weighted by Crippen LogP contribution is 2.31. The van der Waals surface area contributed by atoms with Crippen molar-refractivity contribution in [1.82, 2.24) is 0 Å². The number of anilines is 2. The third kappa shape index (κ3) is 6.20. The average molecular weight is 574 g/mol. The van der Waals surface area contributed by atoms with Crippen molar-refractivity contribution < 1.29 is 22.7 Å². The van der Waals surface area contributed by atoms with Crippen molar-refractivity contribution in [3.8, 4) is 11.5 Å². The van der Waals surface area contributed by atoms with E-state index < -0.39 is 22.5 Å². The van der Waals surface area contributed by atoms with E-state index in [0.29, 0.717) is 21.6 Å². The van der Waals surface area contributed by atoms with E-state index in [2.05, 4.69) is 21.2 Å². The first kappa shape index (κ1) is 26.0. The van der Waals surface area contributed by atoms with E-state index in [1.165, 1.54) is 32.1 Å². The minimum atomic E-state index is -4.06. The smallest absolute Gasteiger partial charge is 0.264 e. The number of nitrogens with one attached hydrogen (secondary N) is 1. The van der Waals surface area contributed by atoms with Crippen molar-refractivity contribution in [3.05, 3.63) is 76.8 Å². The van der Waals surface area contributed by atoms with Gasteiger partial charge in [0, 0.05) is 5.69 Å². The van der Waals surface area contributed by atoms with Gasteiger partial charge in [-0.25, -0.2) is 8.42 Å². The molecular weight excluding hydrogens is 544 g/mol. The van der Waals surface area contributed by atoms with Gasteiger partial charge < -0.3 is 14.8 Å². The second-order valence-corrected chi connectivity index (χ2v) is 11.5. The summed E-state index contributed by atoms with van der Waals surface area (Å²) in [4.78, 5) is 13.0. The molecule has 190 valence electrons. The van der Waals surface area contributed by atoms with Crippen LogP contribution in [0.2, 0.25) is 0 Å². The zero-order chi connectivity index (χ0) is 25.7. The van der Waals surface area contributed by atoms with Crippen LogP contribution in [0.25, 0.3) is 0 Å².